The van der Waals surface area contributed by atoms with Crippen LogP contribution in [0.5, 0.6) is 5.75 Å². The van der Waals surface area contributed by atoms with Gasteiger partial charge in [0, 0.05) is 9.26 Å². The molecule has 0 heterocycles. The molecule has 0 aliphatic heterocycles. The van der Waals surface area contributed by atoms with Crippen LogP contribution in [0.25, 0.3) is 0 Å². The van der Waals surface area contributed by atoms with Crippen LogP contribution in [0.1, 0.15) is 23.6 Å². The molecule has 18 heavy (non-hydrogen) atoms. The number of hydrogen-bond donors (Lipinski definition) is 2. The van der Waals surface area contributed by atoms with Gasteiger partial charge >= 0.3 is 0 Å². The number of phenols is 1. The molecule has 0 fully saturated rings. The molecule has 1 atom stereocenters. The second kappa shape index (κ2) is 4.80. The molecule has 2 N–H and O–H groups in total. The van der Waals surface area contributed by atoms with Crippen LogP contribution in [0.3, 0.4) is 0 Å². The molecule has 1 aliphatic rings. The Bertz CT molecular complexity index is 565. The second-order valence-electron chi connectivity index (χ2n) is 4.63. The van der Waals surface area contributed by atoms with E-state index in [4.69, 9.17) is 0 Å². The number of aromatic hydroxyl groups is 1. The second-order valence-corrected chi connectivity index (χ2v) is 5.87. The van der Waals surface area contributed by atoms with Gasteiger partial charge in [-0.3, -0.25) is 0 Å². The van der Waals surface area contributed by atoms with E-state index in [-0.39, 0.29) is 0 Å². The average molecular weight is 351 g/mol. The van der Waals surface area contributed by atoms with E-state index in [1.807, 2.05) is 12.1 Å². The van der Waals surface area contributed by atoms with Crippen molar-refractivity contribution >= 4 is 28.3 Å². The Morgan fingerprint density at radius 3 is 2.67 bits per heavy atom. The van der Waals surface area contributed by atoms with E-state index in [0.717, 1.165) is 18.5 Å². The van der Waals surface area contributed by atoms with Gasteiger partial charge in [-0.1, -0.05) is 6.07 Å². The Kier molecular flexibility index (Phi) is 3.16. The zero-order valence-corrected chi connectivity index (χ0v) is 12.0. The highest BCUT2D eigenvalue weighted by atomic mass is 127. The van der Waals surface area contributed by atoms with Gasteiger partial charge in [0.2, 0.25) is 0 Å². The molecule has 0 bridgehead atoms. The lowest BCUT2D eigenvalue weighted by Gasteiger charge is -2.15. The van der Waals surface area contributed by atoms with Crippen LogP contribution in [-0.2, 0) is 6.42 Å². The van der Waals surface area contributed by atoms with Gasteiger partial charge in [0.15, 0.2) is 0 Å². The minimum atomic E-state index is 0.362. The number of fused-ring (bicyclic) bond motifs is 1. The van der Waals surface area contributed by atoms with Crippen molar-refractivity contribution in [2.45, 2.75) is 18.9 Å². The van der Waals surface area contributed by atoms with Crippen LogP contribution in [-0.4, -0.2) is 5.11 Å². The Balaban J connectivity index is 1.82. The van der Waals surface area contributed by atoms with Crippen molar-refractivity contribution in [3.63, 3.8) is 0 Å². The quantitative estimate of drug-likeness (QED) is 0.799. The van der Waals surface area contributed by atoms with Crippen LogP contribution < -0.4 is 5.32 Å². The summed E-state index contributed by atoms with van der Waals surface area (Å²) in [6.07, 6.45) is 2.12. The lowest BCUT2D eigenvalue weighted by Crippen LogP contribution is -2.06. The van der Waals surface area contributed by atoms with Gasteiger partial charge in [-0.05, 0) is 83.0 Å². The van der Waals surface area contributed by atoms with Crippen molar-refractivity contribution < 1.29 is 5.11 Å². The van der Waals surface area contributed by atoms with E-state index in [2.05, 4.69) is 52.2 Å². The summed E-state index contributed by atoms with van der Waals surface area (Å²) in [6.45, 7) is 0. The smallest absolute Gasteiger partial charge is 0.115 e. The molecule has 1 aliphatic carbocycles. The SMILES string of the molecule is Oc1ccc2c(c1)CCC2Nc1ccc(I)cc1. The minimum Gasteiger partial charge on any atom is -0.508 e. The van der Waals surface area contributed by atoms with E-state index in [1.165, 1.54) is 14.7 Å². The lowest BCUT2D eigenvalue weighted by atomic mass is 10.1. The molecule has 0 aromatic heterocycles. The Morgan fingerprint density at radius 1 is 1.11 bits per heavy atom. The highest BCUT2D eigenvalue weighted by Gasteiger charge is 2.22. The maximum Gasteiger partial charge on any atom is 0.115 e. The Labute approximate surface area is 120 Å². The Hall–Kier alpha value is -1.23. The summed E-state index contributed by atoms with van der Waals surface area (Å²) in [5.41, 5.74) is 3.73. The molecule has 2 nitrogen and oxygen atoms in total. The molecule has 2 aromatic carbocycles. The van der Waals surface area contributed by atoms with E-state index in [0.29, 0.717) is 11.8 Å². The van der Waals surface area contributed by atoms with Gasteiger partial charge < -0.3 is 10.4 Å². The summed E-state index contributed by atoms with van der Waals surface area (Å²) in [4.78, 5) is 0. The van der Waals surface area contributed by atoms with Crippen LogP contribution in [0.2, 0.25) is 0 Å². The topological polar surface area (TPSA) is 32.3 Å². The number of benzene rings is 2. The third-order valence-electron chi connectivity index (χ3n) is 3.39. The van der Waals surface area contributed by atoms with Crippen molar-refractivity contribution in [2.75, 3.05) is 5.32 Å². The van der Waals surface area contributed by atoms with Crippen LogP contribution >= 0.6 is 22.6 Å². The fourth-order valence-corrected chi connectivity index (χ4v) is 2.86. The lowest BCUT2D eigenvalue weighted by molar-refractivity contribution is 0.474. The third kappa shape index (κ3) is 2.32. The van der Waals surface area contributed by atoms with Crippen molar-refractivity contribution in [3.8, 4) is 5.75 Å². The molecule has 0 saturated carbocycles. The largest absolute Gasteiger partial charge is 0.508 e. The molecule has 3 rings (SSSR count). The highest BCUT2D eigenvalue weighted by Crippen LogP contribution is 2.35. The molecule has 0 amide bonds. The fourth-order valence-electron chi connectivity index (χ4n) is 2.50. The third-order valence-corrected chi connectivity index (χ3v) is 4.11. The first-order chi connectivity index (χ1) is 8.72. The fraction of sp³-hybridized carbons (Fsp3) is 0.200. The van der Waals surface area contributed by atoms with Gasteiger partial charge in [-0.15, -0.1) is 0 Å². The number of halogens is 1. The molecule has 2 aromatic rings. The maximum absolute atomic E-state index is 9.48. The standard InChI is InChI=1S/C15H14INO/c16-11-2-4-12(5-3-11)17-15-8-1-10-9-13(18)6-7-14(10)15/h2-7,9,15,17-18H,1,8H2. The van der Waals surface area contributed by atoms with Gasteiger partial charge in [0.1, 0.15) is 5.75 Å². The summed E-state index contributed by atoms with van der Waals surface area (Å²) in [5, 5.41) is 13.0. The van der Waals surface area contributed by atoms with Crippen molar-refractivity contribution in [1.29, 1.82) is 0 Å². The van der Waals surface area contributed by atoms with Crippen LogP contribution in [0, 0.1) is 3.57 Å². The summed E-state index contributed by atoms with van der Waals surface area (Å²) < 4.78 is 1.25. The molecule has 0 spiro atoms. The molecular weight excluding hydrogens is 337 g/mol. The first kappa shape index (κ1) is 11.8. The monoisotopic (exact) mass is 351 g/mol. The van der Waals surface area contributed by atoms with Gasteiger partial charge in [0.05, 0.1) is 6.04 Å². The molecule has 92 valence electrons. The molecule has 1 unspecified atom stereocenters. The number of anilines is 1. The molecule has 0 radical (unpaired) electrons. The average Bonchev–Trinajstić information content (AvgIpc) is 2.74. The summed E-state index contributed by atoms with van der Waals surface area (Å²) >= 11 is 2.31. The number of nitrogens with one attached hydrogen (secondary N) is 1. The van der Waals surface area contributed by atoms with E-state index >= 15 is 0 Å². The first-order valence-electron chi connectivity index (χ1n) is 6.06. The van der Waals surface area contributed by atoms with Crippen LogP contribution in [0.4, 0.5) is 5.69 Å². The van der Waals surface area contributed by atoms with Crippen LogP contribution in [0.15, 0.2) is 42.5 Å². The number of aryl methyl sites for hydroxylation is 1. The Morgan fingerprint density at radius 2 is 1.89 bits per heavy atom. The maximum atomic E-state index is 9.48. The van der Waals surface area contributed by atoms with Crippen molar-refractivity contribution in [1.82, 2.24) is 0 Å². The summed E-state index contributed by atoms with van der Waals surface area (Å²) in [7, 11) is 0. The number of hydrogen-bond acceptors (Lipinski definition) is 2. The predicted molar refractivity (Wildman–Crippen MR) is 82.0 cm³/mol. The van der Waals surface area contributed by atoms with Gasteiger partial charge in [-0.2, -0.15) is 0 Å². The predicted octanol–water partition coefficient (Wildman–Crippen LogP) is 4.10. The molecule has 3 heteroatoms. The highest BCUT2D eigenvalue weighted by molar-refractivity contribution is 14.1. The zero-order valence-electron chi connectivity index (χ0n) is 9.86. The van der Waals surface area contributed by atoms with Gasteiger partial charge in [0.25, 0.3) is 0 Å². The number of phenolic OH excluding ortho intramolecular Hbond substituents is 1. The van der Waals surface area contributed by atoms with E-state index < -0.39 is 0 Å². The zero-order chi connectivity index (χ0) is 12.5. The number of rotatable bonds is 2. The summed E-state index contributed by atoms with van der Waals surface area (Å²) in [6, 6.07) is 14.5. The van der Waals surface area contributed by atoms with E-state index in [1.54, 1.807) is 6.07 Å². The first-order valence-corrected chi connectivity index (χ1v) is 7.14. The molecule has 0 saturated heterocycles. The van der Waals surface area contributed by atoms with Gasteiger partial charge in [-0.25, -0.2) is 0 Å². The van der Waals surface area contributed by atoms with Crippen molar-refractivity contribution in [2.24, 2.45) is 0 Å². The normalized spacial score (nSPS) is 17.5. The summed E-state index contributed by atoms with van der Waals surface area (Å²) in [5.74, 6) is 0.365. The van der Waals surface area contributed by atoms with E-state index in [9.17, 15) is 5.11 Å². The minimum absolute atomic E-state index is 0.362. The van der Waals surface area contributed by atoms with Crippen molar-refractivity contribution in [3.05, 3.63) is 57.2 Å². The molecular formula is C15H14INO.